The fraction of sp³-hybridized carbons (Fsp3) is 0.111. The van der Waals surface area contributed by atoms with Crippen molar-refractivity contribution >= 4 is 41.0 Å². The molecule has 0 fully saturated rings. The van der Waals surface area contributed by atoms with Crippen molar-refractivity contribution in [2.75, 3.05) is 5.32 Å². The topological polar surface area (TPSA) is 61.7 Å². The van der Waals surface area contributed by atoms with Crippen molar-refractivity contribution in [1.29, 1.82) is 0 Å². The zero-order valence-corrected chi connectivity index (χ0v) is 9.09. The average molecular weight is 247 g/mol. The van der Waals surface area contributed by atoms with Gasteiger partial charge >= 0.3 is 0 Å². The Balaban J connectivity index is 2.68. The molecule has 0 unspecified atom stereocenters. The Hall–Kier alpha value is -1.26. The zero-order valence-electron chi connectivity index (χ0n) is 7.58. The minimum Gasteiger partial charge on any atom is -0.411 e. The highest BCUT2D eigenvalue weighted by molar-refractivity contribution is 6.36. The van der Waals surface area contributed by atoms with Gasteiger partial charge in [-0.3, -0.25) is 4.79 Å². The summed E-state index contributed by atoms with van der Waals surface area (Å²) in [6.07, 6.45) is 1.06. The summed E-state index contributed by atoms with van der Waals surface area (Å²) in [5, 5.41) is 14.2. The first-order valence-corrected chi connectivity index (χ1v) is 4.80. The molecule has 0 aliphatic carbocycles. The maximum atomic E-state index is 11.2. The molecule has 1 aromatic rings. The lowest BCUT2D eigenvalue weighted by Gasteiger charge is -2.05. The van der Waals surface area contributed by atoms with Gasteiger partial charge in [0, 0.05) is 5.02 Å². The second-order valence-electron chi connectivity index (χ2n) is 2.67. The van der Waals surface area contributed by atoms with Crippen molar-refractivity contribution in [2.24, 2.45) is 5.16 Å². The number of rotatable bonds is 3. The van der Waals surface area contributed by atoms with Gasteiger partial charge in [0.05, 0.1) is 23.3 Å². The molecule has 1 rings (SSSR count). The lowest BCUT2D eigenvalue weighted by Crippen LogP contribution is -2.11. The van der Waals surface area contributed by atoms with E-state index in [1.54, 1.807) is 12.1 Å². The highest BCUT2D eigenvalue weighted by Gasteiger charge is 2.04. The summed E-state index contributed by atoms with van der Waals surface area (Å²) in [5.74, 6) is -0.322. The van der Waals surface area contributed by atoms with Gasteiger partial charge in [-0.15, -0.1) is 5.16 Å². The van der Waals surface area contributed by atoms with E-state index in [1.165, 1.54) is 6.07 Å². The first kappa shape index (κ1) is 11.8. The summed E-state index contributed by atoms with van der Waals surface area (Å²) in [6.45, 7) is 0. The Labute approximate surface area is 96.5 Å². The number of amides is 1. The smallest absolute Gasteiger partial charge is 0.229 e. The summed E-state index contributed by atoms with van der Waals surface area (Å²) in [6, 6.07) is 4.74. The van der Waals surface area contributed by atoms with E-state index in [0.717, 1.165) is 6.21 Å². The molecule has 0 heterocycles. The Bertz CT molecular complexity index is 394. The van der Waals surface area contributed by atoms with Gasteiger partial charge in [0.2, 0.25) is 5.91 Å². The maximum absolute atomic E-state index is 11.2. The molecule has 80 valence electrons. The zero-order chi connectivity index (χ0) is 11.3. The lowest BCUT2D eigenvalue weighted by molar-refractivity contribution is -0.115. The number of hydrogen-bond donors (Lipinski definition) is 2. The van der Waals surface area contributed by atoms with Crippen LogP contribution in [0.1, 0.15) is 6.42 Å². The standard InChI is InChI=1S/C9H8Cl2N2O2/c10-6-1-2-8(7(11)5-6)13-9(14)3-4-12-15/h1-2,4-5,15H,3H2,(H,13,14). The van der Waals surface area contributed by atoms with Gasteiger partial charge < -0.3 is 10.5 Å². The number of halogens is 2. The Morgan fingerprint density at radius 3 is 2.87 bits per heavy atom. The molecule has 6 heteroatoms. The molecule has 0 radical (unpaired) electrons. The van der Waals surface area contributed by atoms with Gasteiger partial charge in [0.25, 0.3) is 0 Å². The molecule has 0 aliphatic rings. The molecule has 0 bridgehead atoms. The van der Waals surface area contributed by atoms with Crippen LogP contribution in [0.2, 0.25) is 10.0 Å². The maximum Gasteiger partial charge on any atom is 0.229 e. The van der Waals surface area contributed by atoms with Crippen LogP contribution in [0.4, 0.5) is 5.69 Å². The molecule has 0 saturated carbocycles. The van der Waals surface area contributed by atoms with E-state index in [-0.39, 0.29) is 12.3 Å². The van der Waals surface area contributed by atoms with Crippen molar-refractivity contribution < 1.29 is 10.0 Å². The highest BCUT2D eigenvalue weighted by Crippen LogP contribution is 2.25. The highest BCUT2D eigenvalue weighted by atomic mass is 35.5. The molecule has 0 spiro atoms. The number of nitrogens with one attached hydrogen (secondary N) is 1. The second kappa shape index (κ2) is 5.58. The van der Waals surface area contributed by atoms with Crippen molar-refractivity contribution in [3.05, 3.63) is 28.2 Å². The van der Waals surface area contributed by atoms with Crippen LogP contribution in [0.25, 0.3) is 0 Å². The molecule has 2 N–H and O–H groups in total. The first-order chi connectivity index (χ1) is 7.13. The largest absolute Gasteiger partial charge is 0.411 e. The average Bonchev–Trinajstić information content (AvgIpc) is 2.19. The quantitative estimate of drug-likeness (QED) is 0.490. The third kappa shape index (κ3) is 3.77. The summed E-state index contributed by atoms with van der Waals surface area (Å²) in [5.41, 5.74) is 0.470. The van der Waals surface area contributed by atoms with Gasteiger partial charge in [-0.2, -0.15) is 0 Å². The molecule has 0 aliphatic heterocycles. The van der Waals surface area contributed by atoms with Crippen LogP contribution in [-0.4, -0.2) is 17.3 Å². The molecule has 1 amide bonds. The van der Waals surface area contributed by atoms with E-state index in [9.17, 15) is 4.79 Å². The first-order valence-electron chi connectivity index (χ1n) is 4.04. The SMILES string of the molecule is O=C(CC=NO)Nc1ccc(Cl)cc1Cl. The third-order valence-corrected chi connectivity index (χ3v) is 2.11. The molecule has 1 aromatic carbocycles. The lowest BCUT2D eigenvalue weighted by atomic mass is 10.3. The van der Waals surface area contributed by atoms with Crippen molar-refractivity contribution in [1.82, 2.24) is 0 Å². The molecule has 0 aromatic heterocycles. The predicted molar refractivity (Wildman–Crippen MR) is 60.0 cm³/mol. The number of oxime groups is 1. The molecule has 15 heavy (non-hydrogen) atoms. The van der Waals surface area contributed by atoms with Crippen LogP contribution < -0.4 is 5.32 Å². The Kier molecular flexibility index (Phi) is 4.39. The van der Waals surface area contributed by atoms with Crippen LogP contribution in [0.3, 0.4) is 0 Å². The van der Waals surface area contributed by atoms with Crippen molar-refractivity contribution in [3.63, 3.8) is 0 Å². The van der Waals surface area contributed by atoms with Crippen LogP contribution >= 0.6 is 23.2 Å². The van der Waals surface area contributed by atoms with Crippen LogP contribution in [-0.2, 0) is 4.79 Å². The van der Waals surface area contributed by atoms with Crippen molar-refractivity contribution in [3.8, 4) is 0 Å². The number of carbonyl (C=O) groups excluding carboxylic acids is 1. The van der Waals surface area contributed by atoms with E-state index in [2.05, 4.69) is 10.5 Å². The summed E-state index contributed by atoms with van der Waals surface area (Å²) >= 11 is 11.5. The summed E-state index contributed by atoms with van der Waals surface area (Å²) in [4.78, 5) is 11.2. The molecule has 0 saturated heterocycles. The third-order valence-electron chi connectivity index (χ3n) is 1.56. The van der Waals surface area contributed by atoms with E-state index in [4.69, 9.17) is 28.4 Å². The Morgan fingerprint density at radius 1 is 1.53 bits per heavy atom. The molecule has 4 nitrogen and oxygen atoms in total. The monoisotopic (exact) mass is 246 g/mol. The van der Waals surface area contributed by atoms with Gasteiger partial charge in [-0.1, -0.05) is 23.2 Å². The fourth-order valence-electron chi connectivity index (χ4n) is 0.916. The second-order valence-corrected chi connectivity index (χ2v) is 3.52. The van der Waals surface area contributed by atoms with E-state index in [0.29, 0.717) is 15.7 Å². The minimum atomic E-state index is -0.322. The number of carbonyl (C=O) groups is 1. The molecular weight excluding hydrogens is 239 g/mol. The minimum absolute atomic E-state index is 0.0184. The molecular formula is C9H8Cl2N2O2. The van der Waals surface area contributed by atoms with E-state index in [1.807, 2.05) is 0 Å². The molecule has 0 atom stereocenters. The number of benzene rings is 1. The predicted octanol–water partition coefficient (Wildman–Crippen LogP) is 2.78. The normalized spacial score (nSPS) is 10.5. The summed E-state index contributed by atoms with van der Waals surface area (Å²) < 4.78 is 0. The van der Waals surface area contributed by atoms with Gasteiger partial charge in [-0.25, -0.2) is 0 Å². The fourth-order valence-corrected chi connectivity index (χ4v) is 1.37. The van der Waals surface area contributed by atoms with Gasteiger partial charge in [0.15, 0.2) is 0 Å². The van der Waals surface area contributed by atoms with Gasteiger partial charge in [-0.05, 0) is 18.2 Å². The van der Waals surface area contributed by atoms with Crippen LogP contribution in [0, 0.1) is 0 Å². The van der Waals surface area contributed by atoms with E-state index < -0.39 is 0 Å². The Morgan fingerprint density at radius 2 is 2.27 bits per heavy atom. The number of hydrogen-bond acceptors (Lipinski definition) is 3. The van der Waals surface area contributed by atoms with Crippen molar-refractivity contribution in [2.45, 2.75) is 6.42 Å². The van der Waals surface area contributed by atoms with E-state index >= 15 is 0 Å². The van der Waals surface area contributed by atoms with Gasteiger partial charge in [0.1, 0.15) is 0 Å². The van der Waals surface area contributed by atoms with Crippen LogP contribution in [0.5, 0.6) is 0 Å². The summed E-state index contributed by atoms with van der Waals surface area (Å²) in [7, 11) is 0. The number of nitrogens with zero attached hydrogens (tertiary/aromatic N) is 1. The number of anilines is 1. The van der Waals surface area contributed by atoms with Crippen LogP contribution in [0.15, 0.2) is 23.4 Å².